The minimum atomic E-state index is -3.50. The van der Waals surface area contributed by atoms with Crippen LogP contribution in [0.2, 0.25) is 0 Å². The largest absolute Gasteiger partial charge is 0.242 e. The second kappa shape index (κ2) is 6.05. The van der Waals surface area contributed by atoms with Gasteiger partial charge in [-0.25, -0.2) is 13.1 Å². The topological polar surface area (TPSA) is 70.9 Å². The fourth-order valence-electron chi connectivity index (χ4n) is 1.50. The molecule has 0 spiro atoms. The number of unbranched alkanes of at least 4 members (excludes halogenated alkanes) is 1. The third-order valence-corrected chi connectivity index (χ3v) is 4.99. The Morgan fingerprint density at radius 3 is 2.89 bits per heavy atom. The number of fused-ring (bicyclic) bond motifs is 1. The monoisotopic (exact) mass is 349 g/mol. The molecule has 1 aromatic carbocycles. The number of rotatable bonds is 6. The Morgan fingerprint density at radius 2 is 2.11 bits per heavy atom. The van der Waals surface area contributed by atoms with Crippen LogP contribution in [0.15, 0.2) is 31.8 Å². The summed E-state index contributed by atoms with van der Waals surface area (Å²) in [5, 5.41) is 0.875. The normalized spacial score (nSPS) is 13.4. The fourth-order valence-corrected chi connectivity index (χ4v) is 3.74. The van der Waals surface area contributed by atoms with Crippen molar-refractivity contribution in [2.45, 2.75) is 17.7 Å². The maximum Gasteiger partial charge on any atom is 0.242 e. The van der Waals surface area contributed by atoms with E-state index in [1.165, 1.54) is 0 Å². The number of hydrogen-bond acceptors (Lipinski definition) is 4. The molecule has 1 heterocycles. The van der Waals surface area contributed by atoms with E-state index in [1.807, 2.05) is 0 Å². The van der Waals surface area contributed by atoms with Gasteiger partial charge < -0.3 is 0 Å². The van der Waals surface area contributed by atoms with Gasteiger partial charge in [0.05, 0.1) is 11.4 Å². The van der Waals surface area contributed by atoms with Gasteiger partial charge in [0.1, 0.15) is 16.3 Å². The van der Waals surface area contributed by atoms with Gasteiger partial charge in [0, 0.05) is 11.9 Å². The van der Waals surface area contributed by atoms with E-state index in [2.05, 4.69) is 29.4 Å². The molecule has 0 saturated carbocycles. The first-order valence-electron chi connectivity index (χ1n) is 5.42. The molecule has 2 rings (SSSR count). The van der Waals surface area contributed by atoms with Crippen molar-refractivity contribution >= 4 is 48.7 Å². The molecule has 98 valence electrons. The first kappa shape index (κ1) is 13.9. The Labute approximate surface area is 118 Å². The van der Waals surface area contributed by atoms with Crippen molar-refractivity contribution in [3.63, 3.8) is 0 Å². The zero-order chi connectivity index (χ0) is 13.0. The molecular weight excluding hydrogens is 338 g/mol. The molecule has 0 aromatic heterocycles. The summed E-state index contributed by atoms with van der Waals surface area (Å²) in [4.78, 5) is 0.201. The van der Waals surface area contributed by atoms with Crippen LogP contribution in [0.25, 0.3) is 0 Å². The lowest BCUT2D eigenvalue weighted by molar-refractivity contribution is 0.579. The maximum absolute atomic E-state index is 12.1. The van der Waals surface area contributed by atoms with E-state index in [9.17, 15) is 8.42 Å². The number of halogens is 1. The van der Waals surface area contributed by atoms with Crippen LogP contribution in [0.3, 0.4) is 0 Å². The second-order valence-electron chi connectivity index (χ2n) is 3.68. The lowest BCUT2D eigenvalue weighted by Gasteiger charge is -2.08. The van der Waals surface area contributed by atoms with Gasteiger partial charge in [-0.2, -0.15) is 8.73 Å². The van der Waals surface area contributed by atoms with E-state index in [4.69, 9.17) is 0 Å². The summed E-state index contributed by atoms with van der Waals surface area (Å²) in [6.07, 6.45) is 1.74. The lowest BCUT2D eigenvalue weighted by Crippen LogP contribution is -2.24. The molecule has 1 aliphatic rings. The number of alkyl halides is 1. The van der Waals surface area contributed by atoms with Crippen LogP contribution in [-0.2, 0) is 21.4 Å². The maximum atomic E-state index is 12.1. The highest BCUT2D eigenvalue weighted by atomic mass is 79.9. The molecule has 0 fully saturated rings. The van der Waals surface area contributed by atoms with Crippen LogP contribution in [0.5, 0.6) is 0 Å². The molecule has 0 aliphatic carbocycles. The van der Waals surface area contributed by atoms with Crippen molar-refractivity contribution in [2.24, 2.45) is 8.73 Å². The summed E-state index contributed by atoms with van der Waals surface area (Å²) in [6.45, 7) is 0.432. The van der Waals surface area contributed by atoms with Crippen molar-refractivity contribution in [3.8, 4) is 0 Å². The molecular formula is C10H12BrN3O2S2. The summed E-state index contributed by atoms with van der Waals surface area (Å²) >= 11 is 4.32. The van der Waals surface area contributed by atoms with Gasteiger partial charge in [-0.3, -0.25) is 0 Å². The van der Waals surface area contributed by atoms with E-state index >= 15 is 0 Å². The molecule has 0 atom stereocenters. The quantitative estimate of drug-likeness (QED) is 0.643. The molecule has 18 heavy (non-hydrogen) atoms. The molecule has 0 bridgehead atoms. The molecule has 0 radical (unpaired) electrons. The Kier molecular flexibility index (Phi) is 4.66. The average molecular weight is 350 g/mol. The van der Waals surface area contributed by atoms with Crippen LogP contribution >= 0.6 is 15.9 Å². The third kappa shape index (κ3) is 3.05. The SMILES string of the molecule is O=S(=O)(NCCCCBr)c1cccc2c1N=S=N2. The first-order valence-corrected chi connectivity index (χ1v) is 8.75. The van der Waals surface area contributed by atoms with E-state index < -0.39 is 10.0 Å². The van der Waals surface area contributed by atoms with Gasteiger partial charge in [-0.15, -0.1) is 0 Å². The molecule has 0 amide bonds. The number of hydrogen-bond donors (Lipinski definition) is 1. The first-order chi connectivity index (χ1) is 8.65. The van der Waals surface area contributed by atoms with Crippen LogP contribution in [-0.4, -0.2) is 20.3 Å². The average Bonchev–Trinajstić information content (AvgIpc) is 2.82. The minimum Gasteiger partial charge on any atom is -0.211 e. The van der Waals surface area contributed by atoms with E-state index in [-0.39, 0.29) is 4.90 Å². The standard InChI is InChI=1S/C10H12BrN3O2S2/c11-6-1-2-7-12-18(15,16)9-5-3-4-8-10(9)14-17-13-8/h3-5,12H,1-2,6-7H2. The van der Waals surface area contributed by atoms with Gasteiger partial charge in [0.2, 0.25) is 10.0 Å². The lowest BCUT2D eigenvalue weighted by atomic mass is 10.3. The Balaban J connectivity index is 2.16. The van der Waals surface area contributed by atoms with E-state index in [1.54, 1.807) is 18.2 Å². The Morgan fingerprint density at radius 1 is 1.28 bits per heavy atom. The van der Waals surface area contributed by atoms with Crippen molar-refractivity contribution < 1.29 is 8.42 Å². The number of nitrogens with one attached hydrogen (secondary N) is 1. The highest BCUT2D eigenvalue weighted by molar-refractivity contribution is 9.09. The van der Waals surface area contributed by atoms with Gasteiger partial charge in [0.15, 0.2) is 0 Å². The predicted octanol–water partition coefficient (Wildman–Crippen LogP) is 2.87. The molecule has 5 nitrogen and oxygen atoms in total. The van der Waals surface area contributed by atoms with Crippen molar-refractivity contribution in [2.75, 3.05) is 11.9 Å². The fraction of sp³-hybridized carbons (Fsp3) is 0.400. The molecule has 1 aliphatic heterocycles. The van der Waals surface area contributed by atoms with Gasteiger partial charge in [0.25, 0.3) is 0 Å². The summed E-state index contributed by atoms with van der Waals surface area (Å²) in [5.41, 5.74) is 1.05. The molecule has 0 unspecified atom stereocenters. The smallest absolute Gasteiger partial charge is 0.211 e. The predicted molar refractivity (Wildman–Crippen MR) is 76.2 cm³/mol. The molecule has 0 saturated heterocycles. The summed E-state index contributed by atoms with van der Waals surface area (Å²) in [6, 6.07) is 4.98. The summed E-state index contributed by atoms with van der Waals surface area (Å²) in [5.74, 6) is 0. The molecule has 1 N–H and O–H groups in total. The summed E-state index contributed by atoms with van der Waals surface area (Å²) in [7, 11) is -3.50. The third-order valence-electron chi connectivity index (χ3n) is 2.39. The molecule has 8 heteroatoms. The van der Waals surface area contributed by atoms with Crippen LogP contribution in [0.4, 0.5) is 11.4 Å². The molecule has 1 aromatic rings. The van der Waals surface area contributed by atoms with Crippen molar-refractivity contribution in [1.29, 1.82) is 0 Å². The van der Waals surface area contributed by atoms with Crippen molar-refractivity contribution in [1.82, 2.24) is 4.72 Å². The zero-order valence-electron chi connectivity index (χ0n) is 9.47. The zero-order valence-corrected chi connectivity index (χ0v) is 12.7. The van der Waals surface area contributed by atoms with E-state index in [0.717, 1.165) is 29.5 Å². The highest BCUT2D eigenvalue weighted by Crippen LogP contribution is 2.37. The van der Waals surface area contributed by atoms with Gasteiger partial charge in [-0.05, 0) is 25.0 Å². The van der Waals surface area contributed by atoms with Crippen molar-refractivity contribution in [3.05, 3.63) is 18.2 Å². The van der Waals surface area contributed by atoms with Gasteiger partial charge in [-0.1, -0.05) is 22.0 Å². The number of nitrogens with zero attached hydrogens (tertiary/aromatic N) is 2. The van der Waals surface area contributed by atoms with Crippen LogP contribution < -0.4 is 4.72 Å². The highest BCUT2D eigenvalue weighted by Gasteiger charge is 2.21. The summed E-state index contributed by atoms with van der Waals surface area (Å²) < 4.78 is 34.9. The number of sulfonamides is 1. The second-order valence-corrected chi connectivity index (χ2v) is 6.74. The van der Waals surface area contributed by atoms with E-state index in [0.29, 0.717) is 17.9 Å². The number of benzene rings is 1. The Hall–Kier alpha value is -0.570. The van der Waals surface area contributed by atoms with Crippen LogP contribution in [0, 0.1) is 0 Å². The van der Waals surface area contributed by atoms with Crippen LogP contribution in [0.1, 0.15) is 12.8 Å². The van der Waals surface area contributed by atoms with Gasteiger partial charge >= 0.3 is 0 Å². The minimum absolute atomic E-state index is 0.201. The Bertz CT molecular complexity index is 610.